The summed E-state index contributed by atoms with van der Waals surface area (Å²) in [5.74, 6) is 0.744. The van der Waals surface area contributed by atoms with E-state index >= 15 is 0 Å². The highest BCUT2D eigenvalue weighted by molar-refractivity contribution is 5.84. The highest BCUT2D eigenvalue weighted by Gasteiger charge is 2.13. The van der Waals surface area contributed by atoms with Gasteiger partial charge in [0.1, 0.15) is 11.5 Å². The van der Waals surface area contributed by atoms with Crippen LogP contribution in [0, 0.1) is 13.8 Å². The first-order chi connectivity index (χ1) is 9.20. The van der Waals surface area contributed by atoms with Crippen LogP contribution in [-0.2, 0) is 0 Å². The fourth-order valence-corrected chi connectivity index (χ4v) is 2.11. The van der Waals surface area contributed by atoms with Gasteiger partial charge in [-0.15, -0.1) is 0 Å². The Morgan fingerprint density at radius 3 is 2.79 bits per heavy atom. The molecule has 3 rings (SSSR count). The maximum atomic E-state index is 11.1. The average molecular weight is 251 g/mol. The molecular weight excluding hydrogens is 238 g/mol. The van der Waals surface area contributed by atoms with Crippen molar-refractivity contribution >= 4 is 11.9 Å². The lowest BCUT2D eigenvalue weighted by Gasteiger charge is -2.04. The predicted molar refractivity (Wildman–Crippen MR) is 73.3 cm³/mol. The molecule has 0 spiro atoms. The van der Waals surface area contributed by atoms with Crippen LogP contribution in [0.2, 0.25) is 0 Å². The van der Waals surface area contributed by atoms with Crippen molar-refractivity contribution in [3.05, 3.63) is 53.5 Å². The highest BCUT2D eigenvalue weighted by Crippen LogP contribution is 2.23. The normalized spacial score (nSPS) is 10.8. The van der Waals surface area contributed by atoms with E-state index in [4.69, 9.17) is 0 Å². The first-order valence-electron chi connectivity index (χ1n) is 6.06. The monoisotopic (exact) mass is 251 g/mol. The molecule has 3 aromatic rings. The van der Waals surface area contributed by atoms with Crippen LogP contribution in [-0.4, -0.2) is 20.7 Å². The topological polar surface area (TPSA) is 47.3 Å². The quantitative estimate of drug-likeness (QED) is 0.658. The number of hydrogen-bond donors (Lipinski definition) is 0. The van der Waals surface area contributed by atoms with Crippen molar-refractivity contribution in [3.8, 4) is 11.4 Å². The van der Waals surface area contributed by atoms with E-state index in [1.807, 2.05) is 22.7 Å². The Labute approximate surface area is 110 Å². The predicted octanol–water partition coefficient (Wildman–Crippen LogP) is 2.83. The second-order valence-electron chi connectivity index (χ2n) is 4.55. The molecule has 0 amide bonds. The maximum absolute atomic E-state index is 11.1. The number of fused-ring (bicyclic) bond motifs is 1. The molecule has 4 nitrogen and oxygen atoms in total. The third-order valence-electron chi connectivity index (χ3n) is 3.31. The van der Waals surface area contributed by atoms with E-state index in [2.05, 4.69) is 35.9 Å². The van der Waals surface area contributed by atoms with Crippen LogP contribution in [0.25, 0.3) is 17.0 Å². The van der Waals surface area contributed by atoms with E-state index in [9.17, 15) is 4.79 Å². The lowest BCUT2D eigenvalue weighted by Crippen LogP contribution is -1.91. The second-order valence-corrected chi connectivity index (χ2v) is 4.55. The molecule has 0 aliphatic heterocycles. The van der Waals surface area contributed by atoms with Gasteiger partial charge >= 0.3 is 0 Å². The number of carbonyl (C=O) groups is 1. The van der Waals surface area contributed by atoms with Gasteiger partial charge in [-0.3, -0.25) is 9.20 Å². The summed E-state index contributed by atoms with van der Waals surface area (Å²) in [5, 5.41) is 0. The molecular formula is C15H13N3O. The van der Waals surface area contributed by atoms with Crippen LogP contribution in [0.1, 0.15) is 21.6 Å². The summed E-state index contributed by atoms with van der Waals surface area (Å²) < 4.78 is 1.84. The van der Waals surface area contributed by atoms with Crippen molar-refractivity contribution in [2.75, 3.05) is 0 Å². The van der Waals surface area contributed by atoms with Gasteiger partial charge in [-0.25, -0.2) is 9.97 Å². The smallest absolute Gasteiger partial charge is 0.172 e. The van der Waals surface area contributed by atoms with E-state index < -0.39 is 0 Å². The van der Waals surface area contributed by atoms with Gasteiger partial charge in [0.2, 0.25) is 0 Å². The molecule has 0 atom stereocenters. The third-order valence-corrected chi connectivity index (χ3v) is 3.31. The van der Waals surface area contributed by atoms with Crippen LogP contribution < -0.4 is 0 Å². The van der Waals surface area contributed by atoms with E-state index in [0.717, 1.165) is 17.7 Å². The van der Waals surface area contributed by atoms with E-state index in [-0.39, 0.29) is 0 Å². The van der Waals surface area contributed by atoms with Gasteiger partial charge in [-0.2, -0.15) is 0 Å². The van der Waals surface area contributed by atoms with Crippen molar-refractivity contribution in [1.82, 2.24) is 14.4 Å². The highest BCUT2D eigenvalue weighted by atomic mass is 16.1. The van der Waals surface area contributed by atoms with Crippen molar-refractivity contribution in [2.45, 2.75) is 13.8 Å². The average Bonchev–Trinajstić information content (AvgIpc) is 2.81. The third kappa shape index (κ3) is 1.81. The largest absolute Gasteiger partial charge is 0.296 e. The SMILES string of the molecule is Cc1ccc(-c2nc(C=O)c3ncccn23)cc1C. The number of aryl methyl sites for hydroxylation is 2. The molecule has 0 unspecified atom stereocenters. The Bertz CT molecular complexity index is 774. The van der Waals surface area contributed by atoms with E-state index in [1.54, 1.807) is 6.20 Å². The number of rotatable bonds is 2. The number of imidazole rings is 1. The minimum Gasteiger partial charge on any atom is -0.296 e. The number of carbonyl (C=O) groups excluding carboxylic acids is 1. The molecule has 4 heteroatoms. The molecule has 0 radical (unpaired) electrons. The minimum atomic E-state index is 0.369. The Morgan fingerprint density at radius 2 is 2.05 bits per heavy atom. The van der Waals surface area contributed by atoms with Crippen LogP contribution in [0.15, 0.2) is 36.7 Å². The van der Waals surface area contributed by atoms with Crippen LogP contribution in [0.4, 0.5) is 0 Å². The fraction of sp³-hybridized carbons (Fsp3) is 0.133. The second kappa shape index (κ2) is 4.31. The molecule has 0 saturated heterocycles. The summed E-state index contributed by atoms with van der Waals surface area (Å²) in [6, 6.07) is 7.97. The lowest BCUT2D eigenvalue weighted by molar-refractivity contribution is 0.112. The Hall–Kier alpha value is -2.49. The standard InChI is InChI=1S/C15H13N3O/c1-10-4-5-12(8-11(10)2)14-17-13(9-19)15-16-6-3-7-18(14)15/h3-9H,1-2H3. The van der Waals surface area contributed by atoms with Crippen molar-refractivity contribution < 1.29 is 4.79 Å². The van der Waals surface area contributed by atoms with Gasteiger partial charge in [0.25, 0.3) is 0 Å². The van der Waals surface area contributed by atoms with Crippen LogP contribution >= 0.6 is 0 Å². The summed E-state index contributed by atoms with van der Waals surface area (Å²) >= 11 is 0. The van der Waals surface area contributed by atoms with Crippen molar-refractivity contribution in [3.63, 3.8) is 0 Å². The number of hydrogen-bond acceptors (Lipinski definition) is 3. The molecule has 0 N–H and O–H groups in total. The summed E-state index contributed by atoms with van der Waals surface area (Å²) in [6.07, 6.45) is 4.27. The first-order valence-corrected chi connectivity index (χ1v) is 6.06. The number of benzene rings is 1. The summed E-state index contributed by atoms with van der Waals surface area (Å²) in [7, 11) is 0. The Balaban J connectivity index is 2.30. The molecule has 1 aromatic carbocycles. The van der Waals surface area contributed by atoms with Crippen LogP contribution in [0.3, 0.4) is 0 Å². The van der Waals surface area contributed by atoms with Gasteiger partial charge in [0.15, 0.2) is 11.9 Å². The van der Waals surface area contributed by atoms with Gasteiger partial charge in [0, 0.05) is 18.0 Å². The minimum absolute atomic E-state index is 0.369. The van der Waals surface area contributed by atoms with Crippen molar-refractivity contribution in [1.29, 1.82) is 0 Å². The molecule has 94 valence electrons. The molecule has 19 heavy (non-hydrogen) atoms. The molecule has 2 aromatic heterocycles. The summed E-state index contributed by atoms with van der Waals surface area (Å²) in [5.41, 5.74) is 4.38. The van der Waals surface area contributed by atoms with Gasteiger partial charge < -0.3 is 0 Å². The van der Waals surface area contributed by atoms with E-state index in [1.165, 1.54) is 11.1 Å². The molecule has 0 fully saturated rings. The Morgan fingerprint density at radius 1 is 1.21 bits per heavy atom. The first kappa shape index (κ1) is 11.6. The van der Waals surface area contributed by atoms with Gasteiger partial charge in [-0.1, -0.05) is 12.1 Å². The molecule has 0 aliphatic carbocycles. The maximum Gasteiger partial charge on any atom is 0.172 e. The van der Waals surface area contributed by atoms with Gasteiger partial charge in [-0.05, 0) is 37.1 Å². The van der Waals surface area contributed by atoms with Crippen LogP contribution in [0.5, 0.6) is 0 Å². The Kier molecular flexibility index (Phi) is 2.63. The molecule has 0 saturated carbocycles. The van der Waals surface area contributed by atoms with Gasteiger partial charge in [0.05, 0.1) is 0 Å². The molecule has 0 aliphatic rings. The number of aromatic nitrogens is 3. The number of aldehydes is 1. The zero-order valence-corrected chi connectivity index (χ0v) is 10.8. The van der Waals surface area contributed by atoms with Crippen molar-refractivity contribution in [2.24, 2.45) is 0 Å². The zero-order chi connectivity index (χ0) is 13.4. The summed E-state index contributed by atoms with van der Waals surface area (Å²) in [4.78, 5) is 19.7. The number of nitrogens with zero attached hydrogens (tertiary/aromatic N) is 3. The fourth-order valence-electron chi connectivity index (χ4n) is 2.11. The molecule has 2 heterocycles. The van der Waals surface area contributed by atoms with E-state index in [0.29, 0.717) is 11.3 Å². The lowest BCUT2D eigenvalue weighted by atomic mass is 10.1. The summed E-state index contributed by atoms with van der Waals surface area (Å²) in [6.45, 7) is 4.13. The zero-order valence-electron chi connectivity index (χ0n) is 10.8. The molecule has 0 bridgehead atoms.